The standard InChI is InChI=1S/C11H11F2N.ClH/c12-10-1-2-11(13)9(6-10)5-8-3-4-14-7-8;/h1-2,5-6,14H,3-4,7H2;1H/b8-5-;. The molecule has 0 saturated carbocycles. The minimum atomic E-state index is -0.399. The van der Waals surface area contributed by atoms with Crippen LogP contribution in [-0.4, -0.2) is 13.1 Å². The van der Waals surface area contributed by atoms with Crippen LogP contribution in [0.25, 0.3) is 6.08 Å². The van der Waals surface area contributed by atoms with E-state index in [9.17, 15) is 8.78 Å². The Hall–Kier alpha value is -0.930. The molecule has 1 fully saturated rings. The van der Waals surface area contributed by atoms with Gasteiger partial charge in [-0.1, -0.05) is 11.6 Å². The highest BCUT2D eigenvalue weighted by molar-refractivity contribution is 5.85. The molecule has 2 rings (SSSR count). The Morgan fingerprint density at radius 2 is 2.07 bits per heavy atom. The number of nitrogens with one attached hydrogen (secondary N) is 1. The van der Waals surface area contributed by atoms with Crippen LogP contribution in [0.5, 0.6) is 0 Å². The number of hydrogen-bond donors (Lipinski definition) is 1. The maximum atomic E-state index is 13.2. The van der Waals surface area contributed by atoms with Gasteiger partial charge >= 0.3 is 0 Å². The van der Waals surface area contributed by atoms with E-state index in [1.165, 1.54) is 6.07 Å². The zero-order valence-corrected chi connectivity index (χ0v) is 8.91. The highest BCUT2D eigenvalue weighted by atomic mass is 35.5. The molecule has 1 aromatic carbocycles. The van der Waals surface area contributed by atoms with E-state index in [1.54, 1.807) is 6.08 Å². The second-order valence-corrected chi connectivity index (χ2v) is 3.40. The van der Waals surface area contributed by atoms with Crippen LogP contribution in [0.1, 0.15) is 12.0 Å². The molecule has 0 unspecified atom stereocenters. The van der Waals surface area contributed by atoms with Crippen molar-refractivity contribution < 1.29 is 8.78 Å². The van der Waals surface area contributed by atoms with Gasteiger partial charge < -0.3 is 5.32 Å². The fourth-order valence-corrected chi connectivity index (χ4v) is 1.55. The first-order valence-corrected chi connectivity index (χ1v) is 4.61. The number of benzene rings is 1. The molecule has 1 heterocycles. The van der Waals surface area contributed by atoms with Crippen molar-refractivity contribution in [2.45, 2.75) is 6.42 Å². The highest BCUT2D eigenvalue weighted by Gasteiger charge is 2.07. The van der Waals surface area contributed by atoms with Gasteiger partial charge in [0.2, 0.25) is 0 Å². The quantitative estimate of drug-likeness (QED) is 0.784. The molecular weight excluding hydrogens is 220 g/mol. The Labute approximate surface area is 93.6 Å². The number of rotatable bonds is 1. The van der Waals surface area contributed by atoms with E-state index in [2.05, 4.69) is 5.32 Å². The molecule has 1 nitrogen and oxygen atoms in total. The molecule has 0 aromatic heterocycles. The molecule has 0 amide bonds. The summed E-state index contributed by atoms with van der Waals surface area (Å²) in [6.45, 7) is 1.69. The molecule has 1 aromatic rings. The third-order valence-electron chi connectivity index (χ3n) is 2.29. The second kappa shape index (κ2) is 5.24. The van der Waals surface area contributed by atoms with Crippen molar-refractivity contribution in [1.29, 1.82) is 0 Å². The van der Waals surface area contributed by atoms with Gasteiger partial charge in [0.05, 0.1) is 0 Å². The minimum Gasteiger partial charge on any atom is -0.313 e. The Balaban J connectivity index is 0.00000112. The molecule has 0 aliphatic carbocycles. The topological polar surface area (TPSA) is 12.0 Å². The van der Waals surface area contributed by atoms with Crippen molar-refractivity contribution in [3.8, 4) is 0 Å². The van der Waals surface area contributed by atoms with Gasteiger partial charge in [0.1, 0.15) is 11.6 Å². The zero-order valence-electron chi connectivity index (χ0n) is 8.09. The molecule has 0 radical (unpaired) electrons. The Bertz CT molecular complexity index is 369. The predicted molar refractivity (Wildman–Crippen MR) is 59.1 cm³/mol. The minimum absolute atomic E-state index is 0. The lowest BCUT2D eigenvalue weighted by atomic mass is 10.1. The third kappa shape index (κ3) is 3.01. The van der Waals surface area contributed by atoms with E-state index in [0.29, 0.717) is 5.56 Å². The summed E-state index contributed by atoms with van der Waals surface area (Å²) in [5.74, 6) is -0.769. The largest absolute Gasteiger partial charge is 0.313 e. The van der Waals surface area contributed by atoms with E-state index in [1.807, 2.05) is 0 Å². The zero-order chi connectivity index (χ0) is 9.97. The summed E-state index contributed by atoms with van der Waals surface area (Å²) in [6.07, 6.45) is 2.63. The van der Waals surface area contributed by atoms with E-state index in [0.717, 1.165) is 37.2 Å². The molecule has 1 aliphatic rings. The first-order chi connectivity index (χ1) is 6.75. The fourth-order valence-electron chi connectivity index (χ4n) is 1.55. The summed E-state index contributed by atoms with van der Waals surface area (Å²) in [6, 6.07) is 3.51. The molecule has 1 saturated heterocycles. The molecule has 82 valence electrons. The lowest BCUT2D eigenvalue weighted by Gasteiger charge is -1.99. The molecule has 0 bridgehead atoms. The summed E-state index contributed by atoms with van der Waals surface area (Å²) in [5, 5.41) is 3.14. The van der Waals surface area contributed by atoms with Crippen molar-refractivity contribution in [2.24, 2.45) is 0 Å². The van der Waals surface area contributed by atoms with Crippen molar-refractivity contribution in [1.82, 2.24) is 5.32 Å². The average molecular weight is 232 g/mol. The van der Waals surface area contributed by atoms with E-state index in [-0.39, 0.29) is 18.2 Å². The van der Waals surface area contributed by atoms with Crippen LogP contribution >= 0.6 is 12.4 Å². The Kier molecular flexibility index (Phi) is 4.24. The third-order valence-corrected chi connectivity index (χ3v) is 2.29. The molecule has 4 heteroatoms. The van der Waals surface area contributed by atoms with Crippen molar-refractivity contribution >= 4 is 18.5 Å². The van der Waals surface area contributed by atoms with Gasteiger partial charge in [-0.15, -0.1) is 12.4 Å². The summed E-state index contributed by atoms with van der Waals surface area (Å²) < 4.78 is 26.0. The van der Waals surface area contributed by atoms with Gasteiger partial charge in [0.15, 0.2) is 0 Å². The first-order valence-electron chi connectivity index (χ1n) is 4.61. The fraction of sp³-hybridized carbons (Fsp3) is 0.273. The van der Waals surface area contributed by atoms with Gasteiger partial charge in [-0.2, -0.15) is 0 Å². The SMILES string of the molecule is Cl.Fc1ccc(F)c(/C=C2/CCNC2)c1. The number of halogens is 3. The van der Waals surface area contributed by atoms with E-state index < -0.39 is 5.82 Å². The van der Waals surface area contributed by atoms with Gasteiger partial charge in [-0.3, -0.25) is 0 Å². The van der Waals surface area contributed by atoms with Crippen LogP contribution in [-0.2, 0) is 0 Å². The van der Waals surface area contributed by atoms with Crippen LogP contribution in [0.2, 0.25) is 0 Å². The highest BCUT2D eigenvalue weighted by Crippen LogP contribution is 2.16. The smallest absolute Gasteiger partial charge is 0.130 e. The van der Waals surface area contributed by atoms with Crippen LogP contribution in [0, 0.1) is 11.6 Å². The van der Waals surface area contributed by atoms with Crippen molar-refractivity contribution in [3.05, 3.63) is 41.0 Å². The molecule has 0 spiro atoms. The Morgan fingerprint density at radius 3 is 2.73 bits per heavy atom. The summed E-state index contributed by atoms with van der Waals surface area (Å²) in [4.78, 5) is 0. The summed E-state index contributed by atoms with van der Waals surface area (Å²) >= 11 is 0. The summed E-state index contributed by atoms with van der Waals surface area (Å²) in [5.41, 5.74) is 1.46. The van der Waals surface area contributed by atoms with Gasteiger partial charge in [0.25, 0.3) is 0 Å². The number of hydrogen-bond acceptors (Lipinski definition) is 1. The van der Waals surface area contributed by atoms with Crippen LogP contribution in [0.4, 0.5) is 8.78 Å². The summed E-state index contributed by atoms with van der Waals surface area (Å²) in [7, 11) is 0. The predicted octanol–water partition coefficient (Wildman–Crippen LogP) is 2.76. The van der Waals surface area contributed by atoms with Gasteiger partial charge in [-0.05, 0) is 31.2 Å². The van der Waals surface area contributed by atoms with Gasteiger partial charge in [-0.25, -0.2) is 8.78 Å². The normalized spacial score (nSPS) is 17.9. The molecule has 0 atom stereocenters. The Morgan fingerprint density at radius 1 is 1.27 bits per heavy atom. The van der Waals surface area contributed by atoms with Gasteiger partial charge in [0, 0.05) is 12.1 Å². The van der Waals surface area contributed by atoms with Crippen LogP contribution in [0.15, 0.2) is 23.8 Å². The average Bonchev–Trinajstić information content (AvgIpc) is 2.64. The maximum Gasteiger partial charge on any atom is 0.130 e. The molecule has 1 N–H and O–H groups in total. The molecule has 15 heavy (non-hydrogen) atoms. The van der Waals surface area contributed by atoms with Crippen LogP contribution < -0.4 is 5.32 Å². The lowest BCUT2D eigenvalue weighted by Crippen LogP contribution is -2.04. The monoisotopic (exact) mass is 231 g/mol. The maximum absolute atomic E-state index is 13.2. The van der Waals surface area contributed by atoms with Crippen molar-refractivity contribution in [3.63, 3.8) is 0 Å². The van der Waals surface area contributed by atoms with Crippen molar-refractivity contribution in [2.75, 3.05) is 13.1 Å². The van der Waals surface area contributed by atoms with Crippen LogP contribution in [0.3, 0.4) is 0 Å². The van der Waals surface area contributed by atoms with E-state index in [4.69, 9.17) is 0 Å². The van der Waals surface area contributed by atoms with E-state index >= 15 is 0 Å². The first kappa shape index (κ1) is 12.1. The lowest BCUT2D eigenvalue weighted by molar-refractivity contribution is 0.598. The molecule has 1 aliphatic heterocycles. The second-order valence-electron chi connectivity index (χ2n) is 3.40. The molecular formula is C11H12ClF2N.